The van der Waals surface area contributed by atoms with Gasteiger partial charge in [-0.15, -0.1) is 0 Å². The van der Waals surface area contributed by atoms with Gasteiger partial charge in [0.1, 0.15) is 5.82 Å². The summed E-state index contributed by atoms with van der Waals surface area (Å²) in [4.78, 5) is 11.9. The molecule has 0 spiro atoms. The Morgan fingerprint density at radius 1 is 1.50 bits per heavy atom. The number of carbonyl (C=O) groups is 1. The number of carbonyl (C=O) groups excluding carboxylic acids is 1. The second-order valence-corrected chi connectivity index (χ2v) is 5.68. The van der Waals surface area contributed by atoms with E-state index in [0.29, 0.717) is 5.56 Å². The van der Waals surface area contributed by atoms with Gasteiger partial charge < -0.3 is 5.32 Å². The fraction of sp³-hybridized carbons (Fsp3) is 0.417. The van der Waals surface area contributed by atoms with Crippen LogP contribution in [0.4, 0.5) is 4.39 Å². The molecule has 1 rings (SSSR count). The van der Waals surface area contributed by atoms with Gasteiger partial charge >= 0.3 is 0 Å². The fourth-order valence-electron chi connectivity index (χ4n) is 1.09. The third kappa shape index (κ3) is 3.30. The van der Waals surface area contributed by atoms with Gasteiger partial charge in [0.25, 0.3) is 5.91 Å². The van der Waals surface area contributed by atoms with Crippen LogP contribution in [0.3, 0.4) is 0 Å². The van der Waals surface area contributed by atoms with E-state index in [-0.39, 0.29) is 16.3 Å². The average Bonchev–Trinajstić information content (AvgIpc) is 2.16. The van der Waals surface area contributed by atoms with Gasteiger partial charge in [0.15, 0.2) is 0 Å². The summed E-state index contributed by atoms with van der Waals surface area (Å²) in [5.41, 5.74) is -0.0510. The third-order valence-electron chi connectivity index (χ3n) is 2.52. The van der Waals surface area contributed by atoms with Crippen molar-refractivity contribution >= 4 is 21.8 Å². The molecule has 0 saturated carbocycles. The first-order chi connectivity index (χ1) is 7.33. The van der Waals surface area contributed by atoms with Gasteiger partial charge in [-0.3, -0.25) is 4.79 Å². The molecule has 4 heteroatoms. The zero-order valence-electron chi connectivity index (χ0n) is 9.55. The molecule has 0 fully saturated rings. The molecule has 0 aliphatic heterocycles. The largest absolute Gasteiger partial charge is 0.346 e. The number of nitrogens with one attached hydrogen (secondary N) is 1. The lowest BCUT2D eigenvalue weighted by Gasteiger charge is -2.29. The van der Waals surface area contributed by atoms with E-state index in [1.54, 1.807) is 6.07 Å². The van der Waals surface area contributed by atoms with Crippen LogP contribution in [-0.2, 0) is 0 Å². The van der Waals surface area contributed by atoms with Crippen LogP contribution < -0.4 is 5.32 Å². The summed E-state index contributed by atoms with van der Waals surface area (Å²) < 4.78 is 12.9. The highest BCUT2D eigenvalue weighted by atomic mass is 79.9. The van der Waals surface area contributed by atoms with Crippen LogP contribution in [0.25, 0.3) is 0 Å². The van der Waals surface area contributed by atoms with Gasteiger partial charge in [-0.05, 0) is 32.0 Å². The lowest BCUT2D eigenvalue weighted by atomic mass is 10.0. The van der Waals surface area contributed by atoms with E-state index in [2.05, 4.69) is 21.2 Å². The van der Waals surface area contributed by atoms with Crippen LogP contribution in [0.5, 0.6) is 0 Å². The van der Waals surface area contributed by atoms with Crippen LogP contribution in [0.15, 0.2) is 24.3 Å². The zero-order valence-corrected chi connectivity index (χ0v) is 11.1. The number of rotatable bonds is 3. The van der Waals surface area contributed by atoms with Crippen molar-refractivity contribution in [3.8, 4) is 0 Å². The molecule has 1 atom stereocenters. The minimum absolute atomic E-state index is 0.123. The van der Waals surface area contributed by atoms with Gasteiger partial charge in [-0.2, -0.15) is 0 Å². The lowest BCUT2D eigenvalue weighted by molar-refractivity contribution is 0.0913. The molecule has 0 saturated heterocycles. The summed E-state index contributed by atoms with van der Waals surface area (Å²) in [6, 6.07) is 5.65. The summed E-state index contributed by atoms with van der Waals surface area (Å²) in [7, 11) is 0. The van der Waals surface area contributed by atoms with E-state index in [4.69, 9.17) is 0 Å². The van der Waals surface area contributed by atoms with Crippen LogP contribution in [0, 0.1) is 5.82 Å². The number of benzene rings is 1. The van der Waals surface area contributed by atoms with Gasteiger partial charge in [-0.1, -0.05) is 28.9 Å². The zero-order chi connectivity index (χ0) is 12.3. The molecule has 0 bridgehead atoms. The van der Waals surface area contributed by atoms with Crippen LogP contribution in [0.1, 0.15) is 31.1 Å². The van der Waals surface area contributed by atoms with Crippen molar-refractivity contribution in [3.05, 3.63) is 35.6 Å². The van der Waals surface area contributed by atoms with Crippen LogP contribution >= 0.6 is 15.9 Å². The first kappa shape index (κ1) is 13.2. The van der Waals surface area contributed by atoms with Crippen LogP contribution in [0.2, 0.25) is 0 Å². The molecule has 0 radical (unpaired) electrons. The second kappa shape index (κ2) is 4.95. The normalized spacial score (nSPS) is 13.3. The molecule has 1 aromatic carbocycles. The molecule has 0 aromatic heterocycles. The molecule has 0 aliphatic rings. The first-order valence-electron chi connectivity index (χ1n) is 5.05. The Bertz CT molecular complexity index is 390. The average molecular weight is 288 g/mol. The van der Waals surface area contributed by atoms with E-state index in [1.165, 1.54) is 18.2 Å². The van der Waals surface area contributed by atoms with Crippen molar-refractivity contribution in [1.29, 1.82) is 0 Å². The van der Waals surface area contributed by atoms with Crippen molar-refractivity contribution in [2.45, 2.75) is 31.1 Å². The quantitative estimate of drug-likeness (QED) is 0.851. The summed E-state index contributed by atoms with van der Waals surface area (Å²) in [5, 5.41) is 2.85. The van der Waals surface area contributed by atoms with E-state index in [1.807, 2.05) is 20.8 Å². The molecule has 1 N–H and O–H groups in total. The first-order valence-corrected chi connectivity index (χ1v) is 5.96. The molecule has 0 aliphatic carbocycles. The maximum Gasteiger partial charge on any atom is 0.251 e. The Balaban J connectivity index is 2.81. The number of hydrogen-bond acceptors (Lipinski definition) is 1. The minimum atomic E-state index is -0.405. The summed E-state index contributed by atoms with van der Waals surface area (Å²) in [5.74, 6) is -0.673. The Morgan fingerprint density at radius 2 is 2.12 bits per heavy atom. The van der Waals surface area contributed by atoms with E-state index >= 15 is 0 Å². The Labute approximate surface area is 103 Å². The van der Waals surface area contributed by atoms with Gasteiger partial charge in [-0.25, -0.2) is 4.39 Å². The predicted octanol–water partition coefficient (Wildman–Crippen LogP) is 3.12. The van der Waals surface area contributed by atoms with Crippen molar-refractivity contribution in [2.24, 2.45) is 0 Å². The topological polar surface area (TPSA) is 29.1 Å². The monoisotopic (exact) mass is 287 g/mol. The summed E-state index contributed by atoms with van der Waals surface area (Å²) >= 11 is 3.42. The predicted molar refractivity (Wildman–Crippen MR) is 66.3 cm³/mol. The third-order valence-corrected chi connectivity index (χ3v) is 3.66. The standard InChI is InChI=1S/C12H15BrFNO/c1-8(13)12(2,3)15-11(16)9-5-4-6-10(14)7-9/h4-8H,1-3H3,(H,15,16). The highest BCUT2D eigenvalue weighted by Gasteiger charge is 2.26. The van der Waals surface area contributed by atoms with Gasteiger partial charge in [0.05, 0.1) is 0 Å². The highest BCUT2D eigenvalue weighted by molar-refractivity contribution is 9.09. The van der Waals surface area contributed by atoms with Crippen molar-refractivity contribution in [1.82, 2.24) is 5.32 Å². The van der Waals surface area contributed by atoms with E-state index in [0.717, 1.165) is 0 Å². The molecule has 1 aromatic rings. The molecule has 16 heavy (non-hydrogen) atoms. The van der Waals surface area contributed by atoms with Gasteiger partial charge in [0, 0.05) is 15.9 Å². The SMILES string of the molecule is CC(Br)C(C)(C)NC(=O)c1cccc(F)c1. The van der Waals surface area contributed by atoms with Crippen LogP contribution in [-0.4, -0.2) is 16.3 Å². The van der Waals surface area contributed by atoms with Crippen molar-refractivity contribution in [3.63, 3.8) is 0 Å². The second-order valence-electron chi connectivity index (χ2n) is 4.30. The smallest absolute Gasteiger partial charge is 0.251 e. The Morgan fingerprint density at radius 3 is 2.62 bits per heavy atom. The molecular formula is C12H15BrFNO. The molecule has 0 heterocycles. The van der Waals surface area contributed by atoms with E-state index < -0.39 is 5.82 Å². The molecule has 1 unspecified atom stereocenters. The lowest BCUT2D eigenvalue weighted by Crippen LogP contribution is -2.48. The Hall–Kier alpha value is -0.900. The Kier molecular flexibility index (Phi) is 4.08. The highest BCUT2D eigenvalue weighted by Crippen LogP contribution is 2.17. The van der Waals surface area contributed by atoms with Crippen molar-refractivity contribution in [2.75, 3.05) is 0 Å². The number of hydrogen-bond donors (Lipinski definition) is 1. The van der Waals surface area contributed by atoms with Crippen molar-refractivity contribution < 1.29 is 9.18 Å². The molecule has 1 amide bonds. The van der Waals surface area contributed by atoms with Gasteiger partial charge in [0.2, 0.25) is 0 Å². The fourth-order valence-corrected chi connectivity index (χ4v) is 1.21. The maximum absolute atomic E-state index is 12.9. The van der Waals surface area contributed by atoms with E-state index in [9.17, 15) is 9.18 Å². The molecule has 88 valence electrons. The minimum Gasteiger partial charge on any atom is -0.346 e. The number of alkyl halides is 1. The summed E-state index contributed by atoms with van der Waals surface area (Å²) in [6.45, 7) is 5.76. The molecular weight excluding hydrogens is 273 g/mol. The maximum atomic E-state index is 12.9. The number of amides is 1. The number of halogens is 2. The summed E-state index contributed by atoms with van der Waals surface area (Å²) in [6.07, 6.45) is 0. The molecule has 2 nitrogen and oxygen atoms in total.